The first-order valence-corrected chi connectivity index (χ1v) is 7.92. The number of nitrogens with two attached hydrogens (primary N) is 1. The summed E-state index contributed by atoms with van der Waals surface area (Å²) in [5.41, 5.74) is 4.46. The van der Waals surface area contributed by atoms with Crippen molar-refractivity contribution in [3.63, 3.8) is 0 Å². The van der Waals surface area contributed by atoms with Gasteiger partial charge in [0.1, 0.15) is 16.4 Å². The van der Waals surface area contributed by atoms with Gasteiger partial charge in [0.15, 0.2) is 5.82 Å². The molecule has 1 fully saturated rings. The smallest absolute Gasteiger partial charge is 0.246 e. The molecule has 1 aliphatic rings. The van der Waals surface area contributed by atoms with Crippen LogP contribution in [0.1, 0.15) is 20.3 Å². The van der Waals surface area contributed by atoms with Crippen molar-refractivity contribution >= 4 is 15.7 Å². The van der Waals surface area contributed by atoms with Gasteiger partial charge in [-0.05, 0) is 30.4 Å². The van der Waals surface area contributed by atoms with E-state index in [9.17, 15) is 17.2 Å². The van der Waals surface area contributed by atoms with Gasteiger partial charge in [0.05, 0.1) is 0 Å². The normalized spacial score (nSPS) is 20.8. The molecule has 2 rings (SSSR count). The SMILES string of the molecule is CC(C)C1CCN(S(=O)(=O)c2ccc(F)c(N)c2F)C1. The van der Waals surface area contributed by atoms with E-state index in [0.717, 1.165) is 18.6 Å². The van der Waals surface area contributed by atoms with Crippen LogP contribution in [-0.2, 0) is 10.0 Å². The Hall–Kier alpha value is -1.21. The van der Waals surface area contributed by atoms with Crippen LogP contribution in [0.2, 0.25) is 0 Å². The van der Waals surface area contributed by atoms with Crippen molar-refractivity contribution < 1.29 is 17.2 Å². The second-order valence-electron chi connectivity index (χ2n) is 5.43. The van der Waals surface area contributed by atoms with Crippen molar-refractivity contribution in [1.29, 1.82) is 0 Å². The molecular weight excluding hydrogens is 286 g/mol. The Morgan fingerprint density at radius 2 is 2.00 bits per heavy atom. The van der Waals surface area contributed by atoms with Crippen LogP contribution in [0.4, 0.5) is 14.5 Å². The summed E-state index contributed by atoms with van der Waals surface area (Å²) in [5.74, 6) is -1.55. The molecule has 1 aromatic rings. The molecule has 20 heavy (non-hydrogen) atoms. The van der Waals surface area contributed by atoms with E-state index in [-0.39, 0.29) is 5.92 Å². The highest BCUT2D eigenvalue weighted by molar-refractivity contribution is 7.89. The van der Waals surface area contributed by atoms with Crippen molar-refractivity contribution in [2.24, 2.45) is 11.8 Å². The van der Waals surface area contributed by atoms with E-state index >= 15 is 0 Å². The lowest BCUT2D eigenvalue weighted by atomic mass is 9.96. The lowest BCUT2D eigenvalue weighted by Gasteiger charge is -2.18. The quantitative estimate of drug-likeness (QED) is 0.871. The molecule has 0 spiro atoms. The van der Waals surface area contributed by atoms with Crippen LogP contribution in [0, 0.1) is 23.5 Å². The molecule has 0 radical (unpaired) electrons. The Balaban J connectivity index is 2.35. The van der Waals surface area contributed by atoms with Gasteiger partial charge in [-0.2, -0.15) is 4.31 Å². The molecule has 0 aromatic heterocycles. The van der Waals surface area contributed by atoms with E-state index in [1.165, 1.54) is 4.31 Å². The number of hydrogen-bond donors (Lipinski definition) is 1. The first kappa shape index (κ1) is 15.2. The minimum Gasteiger partial charge on any atom is -0.394 e. The molecule has 1 heterocycles. The highest BCUT2D eigenvalue weighted by Gasteiger charge is 2.35. The zero-order valence-corrected chi connectivity index (χ0v) is 12.3. The number of hydrogen-bond acceptors (Lipinski definition) is 3. The average Bonchev–Trinajstić information content (AvgIpc) is 2.86. The third-order valence-electron chi connectivity index (χ3n) is 3.84. The molecule has 112 valence electrons. The van der Waals surface area contributed by atoms with E-state index in [1.807, 2.05) is 13.8 Å². The molecule has 1 aromatic carbocycles. The summed E-state index contributed by atoms with van der Waals surface area (Å²) in [6.45, 7) is 4.76. The third-order valence-corrected chi connectivity index (χ3v) is 5.72. The second kappa shape index (κ2) is 5.29. The van der Waals surface area contributed by atoms with E-state index in [4.69, 9.17) is 5.73 Å². The highest BCUT2D eigenvalue weighted by atomic mass is 32.2. The van der Waals surface area contributed by atoms with E-state index in [0.29, 0.717) is 19.0 Å². The van der Waals surface area contributed by atoms with Gasteiger partial charge >= 0.3 is 0 Å². The lowest BCUT2D eigenvalue weighted by Crippen LogP contribution is -2.30. The van der Waals surface area contributed by atoms with Crippen molar-refractivity contribution in [2.45, 2.75) is 25.2 Å². The molecule has 1 aliphatic heterocycles. The Kier molecular flexibility index (Phi) is 4.02. The zero-order valence-electron chi connectivity index (χ0n) is 11.4. The lowest BCUT2D eigenvalue weighted by molar-refractivity contribution is 0.387. The summed E-state index contributed by atoms with van der Waals surface area (Å²) >= 11 is 0. The van der Waals surface area contributed by atoms with Gasteiger partial charge in [0, 0.05) is 13.1 Å². The van der Waals surface area contributed by atoms with Crippen LogP contribution in [0.25, 0.3) is 0 Å². The largest absolute Gasteiger partial charge is 0.394 e. The summed E-state index contributed by atoms with van der Waals surface area (Å²) in [6.07, 6.45) is 0.745. The van der Waals surface area contributed by atoms with Crippen LogP contribution >= 0.6 is 0 Å². The van der Waals surface area contributed by atoms with Gasteiger partial charge in [-0.1, -0.05) is 13.8 Å². The van der Waals surface area contributed by atoms with Crippen molar-refractivity contribution in [2.75, 3.05) is 18.8 Å². The number of benzene rings is 1. The predicted molar refractivity (Wildman–Crippen MR) is 72.5 cm³/mol. The summed E-state index contributed by atoms with van der Waals surface area (Å²) in [6, 6.07) is 1.81. The number of nitrogen functional groups attached to an aromatic ring is 1. The van der Waals surface area contributed by atoms with Crippen LogP contribution in [0.3, 0.4) is 0 Å². The maximum Gasteiger partial charge on any atom is 0.246 e. The zero-order chi connectivity index (χ0) is 15.1. The van der Waals surface area contributed by atoms with Gasteiger partial charge in [0.2, 0.25) is 10.0 Å². The van der Waals surface area contributed by atoms with Gasteiger partial charge in [-0.15, -0.1) is 0 Å². The maximum atomic E-state index is 13.9. The molecule has 1 atom stereocenters. The van der Waals surface area contributed by atoms with Crippen molar-refractivity contribution in [3.05, 3.63) is 23.8 Å². The molecular formula is C13H18F2N2O2S. The van der Waals surface area contributed by atoms with Crippen LogP contribution in [0.5, 0.6) is 0 Å². The fourth-order valence-electron chi connectivity index (χ4n) is 2.40. The monoisotopic (exact) mass is 304 g/mol. The van der Waals surface area contributed by atoms with Gasteiger partial charge in [-0.25, -0.2) is 17.2 Å². The standard InChI is InChI=1S/C13H18F2N2O2S/c1-8(2)9-5-6-17(7-9)20(18,19)11-4-3-10(14)13(16)12(11)15/h3-4,8-9H,5-7,16H2,1-2H3. The molecule has 0 amide bonds. The van der Waals surface area contributed by atoms with Crippen LogP contribution in [0.15, 0.2) is 17.0 Å². The Bertz CT molecular complexity index is 617. The van der Waals surface area contributed by atoms with E-state index in [1.54, 1.807) is 0 Å². The minimum atomic E-state index is -3.96. The topological polar surface area (TPSA) is 63.4 Å². The molecule has 1 saturated heterocycles. The van der Waals surface area contributed by atoms with Gasteiger partial charge in [0.25, 0.3) is 0 Å². The van der Waals surface area contributed by atoms with Crippen molar-refractivity contribution in [1.82, 2.24) is 4.31 Å². The van der Waals surface area contributed by atoms with Crippen LogP contribution in [-0.4, -0.2) is 25.8 Å². The molecule has 0 aliphatic carbocycles. The molecule has 4 nitrogen and oxygen atoms in total. The Morgan fingerprint density at radius 3 is 2.55 bits per heavy atom. The van der Waals surface area contributed by atoms with E-state index < -0.39 is 32.2 Å². The Labute approximate surface area is 117 Å². The summed E-state index contributed by atoms with van der Waals surface area (Å²) in [7, 11) is -3.96. The summed E-state index contributed by atoms with van der Waals surface area (Å²) in [4.78, 5) is -0.555. The number of anilines is 1. The van der Waals surface area contributed by atoms with Crippen LogP contribution < -0.4 is 5.73 Å². The maximum absolute atomic E-state index is 13.9. The fourth-order valence-corrected chi connectivity index (χ4v) is 3.99. The number of nitrogens with zero attached hydrogens (tertiary/aromatic N) is 1. The summed E-state index contributed by atoms with van der Waals surface area (Å²) in [5, 5.41) is 0. The number of rotatable bonds is 3. The van der Waals surface area contributed by atoms with E-state index in [2.05, 4.69) is 0 Å². The van der Waals surface area contributed by atoms with Crippen molar-refractivity contribution in [3.8, 4) is 0 Å². The molecule has 0 saturated carbocycles. The number of sulfonamides is 1. The van der Waals surface area contributed by atoms with Gasteiger partial charge in [-0.3, -0.25) is 0 Å². The first-order valence-electron chi connectivity index (χ1n) is 6.48. The predicted octanol–water partition coefficient (Wildman–Crippen LogP) is 2.21. The second-order valence-corrected chi connectivity index (χ2v) is 7.34. The molecule has 2 N–H and O–H groups in total. The number of halogens is 2. The first-order chi connectivity index (χ1) is 9.25. The molecule has 0 bridgehead atoms. The molecule has 7 heteroatoms. The molecule has 1 unspecified atom stereocenters. The van der Waals surface area contributed by atoms with Gasteiger partial charge < -0.3 is 5.73 Å². The third kappa shape index (κ3) is 2.52. The Morgan fingerprint density at radius 1 is 1.35 bits per heavy atom. The summed E-state index contributed by atoms with van der Waals surface area (Å²) < 4.78 is 53.0. The minimum absolute atomic E-state index is 0.255. The highest BCUT2D eigenvalue weighted by Crippen LogP contribution is 2.31. The average molecular weight is 304 g/mol. The fraction of sp³-hybridized carbons (Fsp3) is 0.538.